The van der Waals surface area contributed by atoms with Crippen LogP contribution in [0.15, 0.2) is 23.4 Å². The van der Waals surface area contributed by atoms with Crippen LogP contribution >= 0.6 is 0 Å². The number of pyridine rings is 1. The van der Waals surface area contributed by atoms with Gasteiger partial charge in [0, 0.05) is 49.6 Å². The Morgan fingerprint density at radius 2 is 1.77 bits per heavy atom. The summed E-state index contributed by atoms with van der Waals surface area (Å²) in [6.45, 7) is 0. The van der Waals surface area contributed by atoms with Crippen LogP contribution in [0, 0.1) is 17.8 Å². The van der Waals surface area contributed by atoms with Gasteiger partial charge in [0.2, 0.25) is 17.8 Å². The summed E-state index contributed by atoms with van der Waals surface area (Å²) in [5.41, 5.74) is 0.0699. The molecule has 0 radical (unpaired) electrons. The van der Waals surface area contributed by atoms with E-state index in [0.717, 1.165) is 12.3 Å². The lowest BCUT2D eigenvalue weighted by Gasteiger charge is -2.37. The molecule has 3 N–H and O–H groups in total. The predicted molar refractivity (Wildman–Crippen MR) is 102 cm³/mol. The molecule has 2 fully saturated rings. The molecule has 0 aliphatic heterocycles. The fourth-order valence-corrected chi connectivity index (χ4v) is 5.09. The Labute approximate surface area is 172 Å². The minimum absolute atomic E-state index is 0.0699. The molecule has 3 rings (SSSR count). The second kappa shape index (κ2) is 8.41. The van der Waals surface area contributed by atoms with Crippen molar-refractivity contribution in [2.45, 2.75) is 68.2 Å². The number of nitrogens with two attached hydrogens (primary N) is 1. The van der Waals surface area contributed by atoms with Gasteiger partial charge in [0.05, 0.1) is 0 Å². The van der Waals surface area contributed by atoms with Crippen LogP contribution in [0.3, 0.4) is 0 Å². The fraction of sp³-hybridized carbons (Fsp3) is 0.684. The normalized spacial score (nSPS) is 27.2. The number of rotatable bonds is 4. The Hall–Kier alpha value is -1.75. The van der Waals surface area contributed by atoms with Gasteiger partial charge in [0.1, 0.15) is 0 Å². The second-order valence-electron chi connectivity index (χ2n) is 8.33. The van der Waals surface area contributed by atoms with E-state index in [1.165, 1.54) is 6.07 Å². The van der Waals surface area contributed by atoms with Gasteiger partial charge in [-0.15, -0.1) is 0 Å². The zero-order valence-corrected chi connectivity index (χ0v) is 17.1. The van der Waals surface area contributed by atoms with E-state index < -0.39 is 51.1 Å². The van der Waals surface area contributed by atoms with Crippen molar-refractivity contribution < 1.29 is 30.8 Å². The smallest absolute Gasteiger partial charge is 0.255 e. The van der Waals surface area contributed by atoms with Gasteiger partial charge in [-0.05, 0) is 43.6 Å². The van der Waals surface area contributed by atoms with Crippen molar-refractivity contribution in [3.8, 4) is 0 Å². The molecule has 2 aliphatic rings. The molecule has 1 amide bonds. The highest BCUT2D eigenvalue weighted by Gasteiger charge is 2.46. The van der Waals surface area contributed by atoms with E-state index in [2.05, 4.69) is 10.3 Å². The molecule has 0 bridgehead atoms. The Kier molecular flexibility index (Phi) is 6.43. The number of nitrogens with zero attached hydrogens (tertiary/aromatic N) is 1. The monoisotopic (exact) mass is 451 g/mol. The van der Waals surface area contributed by atoms with E-state index in [1.54, 1.807) is 0 Å². The number of nitrogens with one attached hydrogen (secondary N) is 1. The van der Waals surface area contributed by atoms with Gasteiger partial charge in [-0.2, -0.15) is 0 Å². The topological polar surface area (TPSA) is 102 Å². The summed E-state index contributed by atoms with van der Waals surface area (Å²) in [6.07, 6.45) is 0.488. The Bertz CT molecular complexity index is 885. The molecule has 0 aromatic carbocycles. The molecule has 2 atom stereocenters. The van der Waals surface area contributed by atoms with E-state index in [0.29, 0.717) is 6.42 Å². The Balaban J connectivity index is 1.82. The Morgan fingerprint density at radius 1 is 1.10 bits per heavy atom. The third-order valence-electron chi connectivity index (χ3n) is 6.11. The van der Waals surface area contributed by atoms with E-state index in [1.807, 2.05) is 0 Å². The predicted octanol–water partition coefficient (Wildman–Crippen LogP) is 3.93. The van der Waals surface area contributed by atoms with Crippen LogP contribution in [-0.4, -0.2) is 31.2 Å². The molecule has 6 nitrogen and oxygen atoms in total. The zero-order valence-electron chi connectivity index (χ0n) is 16.3. The van der Waals surface area contributed by atoms with E-state index >= 15 is 0 Å². The number of alkyl halides is 4. The number of carbonyl (C=O) groups is 1. The largest absolute Gasteiger partial charge is 0.326 e. The van der Waals surface area contributed by atoms with Crippen molar-refractivity contribution in [2.24, 2.45) is 22.9 Å². The quantitative estimate of drug-likeness (QED) is 0.535. The number of amides is 1. The van der Waals surface area contributed by atoms with Crippen LogP contribution in [0.25, 0.3) is 0 Å². The molecule has 2 aliphatic carbocycles. The number of primary sulfonamides is 1. The Morgan fingerprint density at radius 3 is 2.40 bits per heavy atom. The van der Waals surface area contributed by atoms with Crippen molar-refractivity contribution >= 4 is 21.6 Å². The third-order valence-corrected chi connectivity index (χ3v) is 6.92. The summed E-state index contributed by atoms with van der Waals surface area (Å²) >= 11 is 0. The number of hydrogen-bond donors (Lipinski definition) is 2. The van der Waals surface area contributed by atoms with Crippen molar-refractivity contribution in [3.63, 3.8) is 0 Å². The third kappa shape index (κ3) is 5.69. The number of anilines is 1. The summed E-state index contributed by atoms with van der Waals surface area (Å²) in [6, 6.07) is 2.38. The molecule has 2 unspecified atom stereocenters. The molecule has 1 aromatic rings. The number of sulfonamides is 1. The molecule has 0 spiro atoms. The van der Waals surface area contributed by atoms with Crippen molar-refractivity contribution in [2.75, 3.05) is 5.32 Å². The molecule has 11 heteroatoms. The molecule has 0 saturated heterocycles. The first-order valence-electron chi connectivity index (χ1n) is 9.92. The van der Waals surface area contributed by atoms with Gasteiger partial charge in [-0.3, -0.25) is 4.79 Å². The van der Waals surface area contributed by atoms with Crippen LogP contribution in [0.5, 0.6) is 0 Å². The molecular weight excluding hydrogens is 426 g/mol. The molecule has 2 saturated carbocycles. The van der Waals surface area contributed by atoms with Gasteiger partial charge < -0.3 is 5.32 Å². The van der Waals surface area contributed by atoms with E-state index in [4.69, 9.17) is 5.14 Å². The summed E-state index contributed by atoms with van der Waals surface area (Å²) in [7, 11) is -4.10. The van der Waals surface area contributed by atoms with Crippen molar-refractivity contribution in [1.29, 1.82) is 0 Å². The lowest BCUT2D eigenvalue weighted by atomic mass is 9.71. The van der Waals surface area contributed by atoms with Gasteiger partial charge >= 0.3 is 0 Å². The zero-order chi connectivity index (χ0) is 22.2. The average molecular weight is 451 g/mol. The number of aromatic nitrogens is 1. The standard InChI is InChI=1S/C19H25F4N3O3S/c20-18(21)7-3-12(4-8-18)14-2-1-6-19(22,23)11-15(14)17(27)26-13-5-9-25-16(10-13)30(24,28)29/h5,9-10,12,14-15H,1-4,6-8,11H2,(H2,24,28,29)(H,25,26,27). The van der Waals surface area contributed by atoms with Crippen molar-refractivity contribution in [1.82, 2.24) is 4.98 Å². The first-order chi connectivity index (χ1) is 13.9. The van der Waals surface area contributed by atoms with Crippen LogP contribution in [0.1, 0.15) is 51.4 Å². The lowest BCUT2D eigenvalue weighted by Crippen LogP contribution is -2.38. The highest BCUT2D eigenvalue weighted by molar-refractivity contribution is 7.89. The van der Waals surface area contributed by atoms with E-state index in [-0.39, 0.29) is 50.1 Å². The lowest BCUT2D eigenvalue weighted by molar-refractivity contribution is -0.127. The SMILES string of the molecule is NS(=O)(=O)c1cc(NC(=O)C2CC(F)(F)CCCC2C2CCC(F)(F)CC2)ccn1. The fourth-order valence-electron chi connectivity index (χ4n) is 4.59. The summed E-state index contributed by atoms with van der Waals surface area (Å²) in [4.78, 5) is 16.6. The van der Waals surface area contributed by atoms with E-state index in [9.17, 15) is 30.8 Å². The maximum absolute atomic E-state index is 14.3. The van der Waals surface area contributed by atoms with Gasteiger partial charge in [0.25, 0.3) is 10.0 Å². The van der Waals surface area contributed by atoms with Crippen molar-refractivity contribution in [3.05, 3.63) is 18.3 Å². The van der Waals surface area contributed by atoms with Gasteiger partial charge in [-0.1, -0.05) is 0 Å². The minimum atomic E-state index is -4.10. The van der Waals surface area contributed by atoms with Crippen LogP contribution in [0.4, 0.5) is 23.2 Å². The average Bonchev–Trinajstić information content (AvgIpc) is 2.79. The summed E-state index contributed by atoms with van der Waals surface area (Å²) < 4.78 is 78.6. The number of hydrogen-bond acceptors (Lipinski definition) is 4. The second-order valence-corrected chi connectivity index (χ2v) is 9.84. The van der Waals surface area contributed by atoms with Gasteiger partial charge in [-0.25, -0.2) is 36.1 Å². The number of carbonyl (C=O) groups excluding carboxylic acids is 1. The first kappa shape index (κ1) is 22.9. The van der Waals surface area contributed by atoms with Crippen LogP contribution in [-0.2, 0) is 14.8 Å². The maximum atomic E-state index is 14.3. The maximum Gasteiger partial charge on any atom is 0.255 e. The summed E-state index contributed by atoms with van der Waals surface area (Å²) in [5, 5.41) is 7.07. The highest BCUT2D eigenvalue weighted by atomic mass is 32.2. The summed E-state index contributed by atoms with van der Waals surface area (Å²) in [5.74, 6) is -8.18. The number of halogens is 4. The molecule has 1 heterocycles. The minimum Gasteiger partial charge on any atom is -0.326 e. The molecule has 1 aromatic heterocycles. The highest BCUT2D eigenvalue weighted by Crippen LogP contribution is 2.47. The molecule has 30 heavy (non-hydrogen) atoms. The molecule has 168 valence electrons. The van der Waals surface area contributed by atoms with Crippen LogP contribution in [0.2, 0.25) is 0 Å². The van der Waals surface area contributed by atoms with Crippen LogP contribution < -0.4 is 10.5 Å². The van der Waals surface area contributed by atoms with Gasteiger partial charge in [0.15, 0.2) is 5.03 Å². The first-order valence-corrected chi connectivity index (χ1v) is 11.5. The molecular formula is C19H25F4N3O3S.